The smallest absolute Gasteiger partial charge is 0.123 e. The van der Waals surface area contributed by atoms with E-state index in [1.54, 1.807) is 13.2 Å². The molecule has 1 saturated carbocycles. The maximum Gasteiger partial charge on any atom is 0.123 e. The summed E-state index contributed by atoms with van der Waals surface area (Å²) in [7, 11) is 1.59. The molecule has 0 spiro atoms. The number of nitrogens with two attached hydrogens (primary N) is 1. The monoisotopic (exact) mass is 231 g/mol. The predicted molar refractivity (Wildman–Crippen MR) is 60.1 cm³/mol. The number of ether oxygens (including phenoxy) is 1. The molecule has 0 heterocycles. The van der Waals surface area contributed by atoms with Crippen molar-refractivity contribution in [1.29, 1.82) is 0 Å². The van der Waals surface area contributed by atoms with Crippen LogP contribution < -0.4 is 10.5 Å². The van der Waals surface area contributed by atoms with Gasteiger partial charge in [0.2, 0.25) is 0 Å². The van der Waals surface area contributed by atoms with Crippen molar-refractivity contribution in [2.75, 3.05) is 7.11 Å². The highest BCUT2D eigenvalue weighted by atomic mass is 35.5. The van der Waals surface area contributed by atoms with Crippen molar-refractivity contribution in [3.8, 4) is 5.75 Å². The second-order valence-corrected chi connectivity index (χ2v) is 4.00. The van der Waals surface area contributed by atoms with Gasteiger partial charge < -0.3 is 10.5 Å². The molecule has 0 aliphatic heterocycles. The van der Waals surface area contributed by atoms with Gasteiger partial charge in [0.1, 0.15) is 11.6 Å². The molecule has 0 bridgehead atoms. The largest absolute Gasteiger partial charge is 0.496 e. The van der Waals surface area contributed by atoms with E-state index in [9.17, 15) is 4.39 Å². The van der Waals surface area contributed by atoms with Crippen molar-refractivity contribution in [3.05, 3.63) is 29.6 Å². The summed E-state index contributed by atoms with van der Waals surface area (Å²) in [6, 6.07) is 4.56. The Balaban J connectivity index is 0.00000112. The average Bonchev–Trinajstić information content (AvgIpc) is 2.84. The van der Waals surface area contributed by atoms with Gasteiger partial charge in [-0.1, -0.05) is 0 Å². The van der Waals surface area contributed by atoms with Crippen molar-refractivity contribution in [2.24, 2.45) is 5.73 Å². The highest BCUT2D eigenvalue weighted by Gasteiger charge is 2.38. The van der Waals surface area contributed by atoms with E-state index in [2.05, 4.69) is 0 Å². The van der Waals surface area contributed by atoms with Crippen LogP contribution in [-0.4, -0.2) is 12.6 Å². The maximum atomic E-state index is 13.0. The second kappa shape index (κ2) is 4.37. The fourth-order valence-electron chi connectivity index (χ4n) is 1.60. The van der Waals surface area contributed by atoms with Crippen LogP contribution in [0.2, 0.25) is 0 Å². The first-order valence-electron chi connectivity index (χ1n) is 4.74. The van der Waals surface area contributed by atoms with Crippen LogP contribution in [-0.2, 0) is 6.42 Å². The van der Waals surface area contributed by atoms with Gasteiger partial charge in [-0.15, -0.1) is 12.4 Å². The molecule has 4 heteroatoms. The van der Waals surface area contributed by atoms with E-state index < -0.39 is 0 Å². The van der Waals surface area contributed by atoms with E-state index >= 15 is 0 Å². The molecule has 1 aromatic rings. The quantitative estimate of drug-likeness (QED) is 0.867. The Kier molecular flexibility index (Phi) is 3.58. The zero-order valence-electron chi connectivity index (χ0n) is 8.63. The van der Waals surface area contributed by atoms with E-state index in [4.69, 9.17) is 10.5 Å². The molecule has 0 aromatic heterocycles. The molecule has 1 aliphatic carbocycles. The van der Waals surface area contributed by atoms with Crippen LogP contribution in [0.5, 0.6) is 5.75 Å². The SMILES string of the molecule is COc1ccc(F)cc1CC1(N)CC1.Cl. The Morgan fingerprint density at radius 3 is 2.67 bits per heavy atom. The molecular formula is C11H15ClFNO. The molecule has 84 valence electrons. The Morgan fingerprint density at radius 1 is 1.47 bits per heavy atom. The minimum Gasteiger partial charge on any atom is -0.496 e. The summed E-state index contributed by atoms with van der Waals surface area (Å²) in [4.78, 5) is 0. The van der Waals surface area contributed by atoms with Gasteiger partial charge >= 0.3 is 0 Å². The number of hydrogen-bond donors (Lipinski definition) is 1. The maximum absolute atomic E-state index is 13.0. The molecule has 0 amide bonds. The third kappa shape index (κ3) is 2.83. The molecule has 2 nitrogen and oxygen atoms in total. The zero-order chi connectivity index (χ0) is 10.2. The van der Waals surface area contributed by atoms with Gasteiger partial charge in [0, 0.05) is 5.54 Å². The van der Waals surface area contributed by atoms with E-state index in [0.29, 0.717) is 6.42 Å². The van der Waals surface area contributed by atoms with Gasteiger partial charge in [-0.3, -0.25) is 0 Å². The predicted octanol–water partition coefficient (Wildman–Crippen LogP) is 2.29. The summed E-state index contributed by atoms with van der Waals surface area (Å²) in [5.74, 6) is 0.494. The van der Waals surface area contributed by atoms with Gasteiger partial charge in [-0.05, 0) is 43.0 Å². The first-order chi connectivity index (χ1) is 6.63. The molecular weight excluding hydrogens is 217 g/mol. The van der Waals surface area contributed by atoms with Crippen molar-refractivity contribution in [3.63, 3.8) is 0 Å². The lowest BCUT2D eigenvalue weighted by molar-refractivity contribution is 0.406. The topological polar surface area (TPSA) is 35.2 Å². The summed E-state index contributed by atoms with van der Waals surface area (Å²) in [5, 5.41) is 0. The summed E-state index contributed by atoms with van der Waals surface area (Å²) in [6.45, 7) is 0. The van der Waals surface area contributed by atoms with Crippen molar-refractivity contribution < 1.29 is 9.13 Å². The first kappa shape index (κ1) is 12.3. The lowest BCUT2D eigenvalue weighted by Gasteiger charge is -2.12. The Hall–Kier alpha value is -0.800. The summed E-state index contributed by atoms with van der Waals surface area (Å²) in [6.07, 6.45) is 2.74. The third-order valence-electron chi connectivity index (χ3n) is 2.68. The number of benzene rings is 1. The molecule has 0 atom stereocenters. The van der Waals surface area contributed by atoms with Gasteiger partial charge in [0.05, 0.1) is 7.11 Å². The molecule has 0 saturated heterocycles. The fraction of sp³-hybridized carbons (Fsp3) is 0.455. The third-order valence-corrected chi connectivity index (χ3v) is 2.68. The Morgan fingerprint density at radius 2 is 2.13 bits per heavy atom. The molecule has 0 unspecified atom stereocenters. The Labute approximate surface area is 95.0 Å². The Bertz CT molecular complexity index is 352. The molecule has 0 radical (unpaired) electrons. The highest BCUT2D eigenvalue weighted by molar-refractivity contribution is 5.85. The van der Waals surface area contributed by atoms with Gasteiger partial charge in [-0.2, -0.15) is 0 Å². The lowest BCUT2D eigenvalue weighted by Crippen LogP contribution is -2.24. The molecule has 1 fully saturated rings. The normalized spacial score (nSPS) is 16.7. The van der Waals surface area contributed by atoms with Gasteiger partial charge in [-0.25, -0.2) is 4.39 Å². The van der Waals surface area contributed by atoms with Crippen molar-refractivity contribution in [2.45, 2.75) is 24.8 Å². The van der Waals surface area contributed by atoms with Crippen LogP contribution in [0, 0.1) is 5.82 Å². The fourth-order valence-corrected chi connectivity index (χ4v) is 1.60. The lowest BCUT2D eigenvalue weighted by atomic mass is 10.0. The molecule has 2 rings (SSSR count). The number of hydrogen-bond acceptors (Lipinski definition) is 2. The molecule has 15 heavy (non-hydrogen) atoms. The van der Waals surface area contributed by atoms with Crippen molar-refractivity contribution >= 4 is 12.4 Å². The minimum absolute atomic E-state index is 0. The average molecular weight is 232 g/mol. The summed E-state index contributed by atoms with van der Waals surface area (Å²) < 4.78 is 18.1. The number of rotatable bonds is 3. The van der Waals surface area contributed by atoms with Crippen LogP contribution in [0.25, 0.3) is 0 Å². The van der Waals surface area contributed by atoms with E-state index in [1.165, 1.54) is 12.1 Å². The molecule has 2 N–H and O–H groups in total. The minimum atomic E-state index is -0.231. The second-order valence-electron chi connectivity index (χ2n) is 4.00. The van der Waals surface area contributed by atoms with Crippen LogP contribution in [0.1, 0.15) is 18.4 Å². The van der Waals surface area contributed by atoms with E-state index in [1.807, 2.05) is 0 Å². The number of methoxy groups -OCH3 is 1. The van der Waals surface area contributed by atoms with Gasteiger partial charge in [0.15, 0.2) is 0 Å². The van der Waals surface area contributed by atoms with Crippen LogP contribution >= 0.6 is 12.4 Å². The van der Waals surface area contributed by atoms with Crippen molar-refractivity contribution in [1.82, 2.24) is 0 Å². The molecule has 1 aliphatic rings. The standard InChI is InChI=1S/C11H14FNO.ClH/c1-14-10-3-2-9(12)6-8(10)7-11(13)4-5-11;/h2-3,6H,4-5,7,13H2,1H3;1H. The van der Waals surface area contributed by atoms with Gasteiger partial charge in [0.25, 0.3) is 0 Å². The van der Waals surface area contributed by atoms with Crippen LogP contribution in [0.4, 0.5) is 4.39 Å². The highest BCUT2D eigenvalue weighted by Crippen LogP contribution is 2.37. The van der Waals surface area contributed by atoms with E-state index in [-0.39, 0.29) is 23.8 Å². The van der Waals surface area contributed by atoms with E-state index in [0.717, 1.165) is 24.2 Å². The summed E-state index contributed by atoms with van der Waals surface area (Å²) >= 11 is 0. The summed E-state index contributed by atoms with van der Waals surface area (Å²) in [5.41, 5.74) is 6.73. The van der Waals surface area contributed by atoms with Crippen LogP contribution in [0.15, 0.2) is 18.2 Å². The zero-order valence-corrected chi connectivity index (χ0v) is 9.44. The molecule has 1 aromatic carbocycles. The first-order valence-corrected chi connectivity index (χ1v) is 4.74. The van der Waals surface area contributed by atoms with Crippen LogP contribution in [0.3, 0.4) is 0 Å². The number of halogens is 2.